The molecule has 1 aromatic heterocycles. The van der Waals surface area contributed by atoms with Gasteiger partial charge in [0.25, 0.3) is 0 Å². The first-order valence-electron chi connectivity index (χ1n) is 6.42. The zero-order valence-corrected chi connectivity index (χ0v) is 12.0. The van der Waals surface area contributed by atoms with Crippen LogP contribution in [0.15, 0.2) is 24.3 Å². The van der Waals surface area contributed by atoms with Crippen molar-refractivity contribution in [2.45, 2.75) is 0 Å². The van der Waals surface area contributed by atoms with Gasteiger partial charge >= 0.3 is 0 Å². The first-order valence-corrected chi connectivity index (χ1v) is 7.24. The molecule has 0 spiro atoms. The van der Waals surface area contributed by atoms with E-state index >= 15 is 0 Å². The van der Waals surface area contributed by atoms with Crippen molar-refractivity contribution < 1.29 is 9.47 Å². The third kappa shape index (κ3) is 3.00. The molecule has 7 heteroatoms. The van der Waals surface area contributed by atoms with Crippen molar-refractivity contribution >= 4 is 27.3 Å². The summed E-state index contributed by atoms with van der Waals surface area (Å²) in [5.74, 6) is 0.835. The number of hydrogen-bond donors (Lipinski definition) is 1. The molecular formula is C13H16N4O2S. The molecule has 1 aliphatic rings. The maximum atomic E-state index is 5.33. The van der Waals surface area contributed by atoms with E-state index in [1.54, 1.807) is 18.4 Å². The SMILES string of the molecule is COc1ccc(Nc2nnc(N3CCOCC3)s2)cc1. The fourth-order valence-corrected chi connectivity index (χ4v) is 2.76. The highest BCUT2D eigenvalue weighted by molar-refractivity contribution is 7.19. The van der Waals surface area contributed by atoms with Crippen molar-refractivity contribution in [3.63, 3.8) is 0 Å². The van der Waals surface area contributed by atoms with Gasteiger partial charge in [0.2, 0.25) is 10.3 Å². The molecule has 2 heterocycles. The molecule has 2 aromatic rings. The number of rotatable bonds is 4. The second kappa shape index (κ2) is 6.06. The summed E-state index contributed by atoms with van der Waals surface area (Å²) in [6.07, 6.45) is 0. The summed E-state index contributed by atoms with van der Waals surface area (Å²) in [7, 11) is 1.65. The molecule has 106 valence electrons. The largest absolute Gasteiger partial charge is 0.497 e. The van der Waals surface area contributed by atoms with E-state index < -0.39 is 0 Å². The molecule has 0 atom stereocenters. The van der Waals surface area contributed by atoms with Gasteiger partial charge in [0, 0.05) is 18.8 Å². The monoisotopic (exact) mass is 292 g/mol. The van der Waals surface area contributed by atoms with Crippen molar-refractivity contribution in [2.24, 2.45) is 0 Å². The molecule has 1 aliphatic heterocycles. The van der Waals surface area contributed by atoms with Crippen LogP contribution in [0, 0.1) is 0 Å². The average molecular weight is 292 g/mol. The molecule has 0 unspecified atom stereocenters. The lowest BCUT2D eigenvalue weighted by molar-refractivity contribution is 0.122. The lowest BCUT2D eigenvalue weighted by Gasteiger charge is -2.25. The van der Waals surface area contributed by atoms with Crippen molar-refractivity contribution in [3.8, 4) is 5.75 Å². The summed E-state index contributed by atoms with van der Waals surface area (Å²) < 4.78 is 10.5. The van der Waals surface area contributed by atoms with E-state index in [-0.39, 0.29) is 0 Å². The van der Waals surface area contributed by atoms with Crippen LogP contribution in [0.4, 0.5) is 16.0 Å². The number of anilines is 3. The van der Waals surface area contributed by atoms with Crippen molar-refractivity contribution in [3.05, 3.63) is 24.3 Å². The Morgan fingerprint density at radius 3 is 2.65 bits per heavy atom. The van der Waals surface area contributed by atoms with E-state index in [2.05, 4.69) is 20.4 Å². The number of ether oxygens (including phenoxy) is 2. The van der Waals surface area contributed by atoms with Crippen molar-refractivity contribution in [1.82, 2.24) is 10.2 Å². The Bertz CT molecular complexity index is 552. The number of aromatic nitrogens is 2. The van der Waals surface area contributed by atoms with E-state index in [1.165, 1.54) is 0 Å². The number of morpholine rings is 1. The molecular weight excluding hydrogens is 276 g/mol. The van der Waals surface area contributed by atoms with Crippen LogP contribution < -0.4 is 15.0 Å². The minimum atomic E-state index is 0.751. The minimum Gasteiger partial charge on any atom is -0.497 e. The average Bonchev–Trinajstić information content (AvgIpc) is 2.97. The fourth-order valence-electron chi connectivity index (χ4n) is 1.95. The Kier molecular flexibility index (Phi) is 3.98. The maximum Gasteiger partial charge on any atom is 0.211 e. The standard InChI is InChI=1S/C13H16N4O2S/c1-18-11-4-2-10(3-5-11)14-12-15-16-13(20-12)17-6-8-19-9-7-17/h2-5H,6-9H2,1H3,(H,14,15). The number of nitrogens with one attached hydrogen (secondary N) is 1. The van der Waals surface area contributed by atoms with Gasteiger partial charge in [-0.15, -0.1) is 10.2 Å². The third-order valence-corrected chi connectivity index (χ3v) is 3.94. The van der Waals surface area contributed by atoms with E-state index in [9.17, 15) is 0 Å². The normalized spacial score (nSPS) is 15.2. The quantitative estimate of drug-likeness (QED) is 0.931. The topological polar surface area (TPSA) is 59.5 Å². The summed E-state index contributed by atoms with van der Waals surface area (Å²) in [5.41, 5.74) is 0.968. The lowest BCUT2D eigenvalue weighted by Crippen LogP contribution is -2.36. The smallest absolute Gasteiger partial charge is 0.211 e. The molecule has 1 saturated heterocycles. The predicted molar refractivity (Wildman–Crippen MR) is 79.2 cm³/mol. The van der Waals surface area contributed by atoms with Gasteiger partial charge < -0.3 is 19.7 Å². The lowest BCUT2D eigenvalue weighted by atomic mass is 10.3. The van der Waals surface area contributed by atoms with Crippen LogP contribution in [0.25, 0.3) is 0 Å². The summed E-state index contributed by atoms with van der Waals surface area (Å²) in [5, 5.41) is 13.4. The van der Waals surface area contributed by atoms with E-state index in [1.807, 2.05) is 24.3 Å². The van der Waals surface area contributed by atoms with Crippen LogP contribution in [0.2, 0.25) is 0 Å². The Hall–Kier alpha value is -1.86. The van der Waals surface area contributed by atoms with Gasteiger partial charge in [-0.2, -0.15) is 0 Å². The Morgan fingerprint density at radius 2 is 1.95 bits per heavy atom. The van der Waals surface area contributed by atoms with Crippen molar-refractivity contribution in [2.75, 3.05) is 43.6 Å². The zero-order chi connectivity index (χ0) is 13.8. The van der Waals surface area contributed by atoms with Crippen LogP contribution in [0.3, 0.4) is 0 Å². The molecule has 0 radical (unpaired) electrons. The summed E-state index contributed by atoms with van der Waals surface area (Å²) in [6, 6.07) is 7.72. The van der Waals surface area contributed by atoms with E-state index in [0.29, 0.717) is 0 Å². The Morgan fingerprint density at radius 1 is 1.20 bits per heavy atom. The Labute approximate surface area is 121 Å². The number of benzene rings is 1. The van der Waals surface area contributed by atoms with Gasteiger partial charge in [-0.25, -0.2) is 0 Å². The minimum absolute atomic E-state index is 0.751. The summed E-state index contributed by atoms with van der Waals surface area (Å²) in [4.78, 5) is 2.19. The molecule has 20 heavy (non-hydrogen) atoms. The van der Waals surface area contributed by atoms with Gasteiger partial charge in [0.15, 0.2) is 0 Å². The molecule has 0 amide bonds. The van der Waals surface area contributed by atoms with Crippen molar-refractivity contribution in [1.29, 1.82) is 0 Å². The molecule has 6 nitrogen and oxygen atoms in total. The zero-order valence-electron chi connectivity index (χ0n) is 11.2. The molecule has 0 saturated carbocycles. The second-order valence-corrected chi connectivity index (χ2v) is 5.30. The van der Waals surface area contributed by atoms with Gasteiger partial charge in [-0.05, 0) is 24.3 Å². The van der Waals surface area contributed by atoms with E-state index in [0.717, 1.165) is 48.0 Å². The van der Waals surface area contributed by atoms with Crippen LogP contribution >= 0.6 is 11.3 Å². The van der Waals surface area contributed by atoms with Crippen LogP contribution in [0.5, 0.6) is 5.75 Å². The van der Waals surface area contributed by atoms with Gasteiger partial charge in [-0.1, -0.05) is 11.3 Å². The molecule has 1 N–H and O–H groups in total. The molecule has 3 rings (SSSR count). The Balaban J connectivity index is 1.66. The predicted octanol–water partition coefficient (Wildman–Crippen LogP) is 2.13. The number of nitrogens with zero attached hydrogens (tertiary/aromatic N) is 3. The van der Waals surface area contributed by atoms with Gasteiger partial charge in [0.05, 0.1) is 20.3 Å². The fraction of sp³-hybridized carbons (Fsp3) is 0.385. The molecule has 0 aliphatic carbocycles. The van der Waals surface area contributed by atoms with Crippen LogP contribution in [-0.4, -0.2) is 43.6 Å². The highest BCUT2D eigenvalue weighted by Gasteiger charge is 2.15. The number of methoxy groups -OCH3 is 1. The molecule has 1 aromatic carbocycles. The highest BCUT2D eigenvalue weighted by Crippen LogP contribution is 2.27. The summed E-state index contributed by atoms with van der Waals surface area (Å²) in [6.45, 7) is 3.25. The molecule has 1 fully saturated rings. The van der Waals surface area contributed by atoms with Gasteiger partial charge in [-0.3, -0.25) is 0 Å². The van der Waals surface area contributed by atoms with E-state index in [4.69, 9.17) is 9.47 Å². The van der Waals surface area contributed by atoms with Crippen LogP contribution in [0.1, 0.15) is 0 Å². The van der Waals surface area contributed by atoms with Crippen LogP contribution in [-0.2, 0) is 4.74 Å². The third-order valence-electron chi connectivity index (χ3n) is 3.04. The highest BCUT2D eigenvalue weighted by atomic mass is 32.1. The second-order valence-electron chi connectivity index (χ2n) is 4.34. The first-order chi connectivity index (χ1) is 9.85. The van der Waals surface area contributed by atoms with Gasteiger partial charge in [0.1, 0.15) is 5.75 Å². The first kappa shape index (κ1) is 13.1. The maximum absolute atomic E-state index is 5.33. The molecule has 0 bridgehead atoms. The summed E-state index contributed by atoms with van der Waals surface area (Å²) >= 11 is 1.55. The number of hydrogen-bond acceptors (Lipinski definition) is 7.